The molecule has 3 aromatic carbocycles. The Bertz CT molecular complexity index is 1490. The number of benzene rings is 3. The second-order valence-electron chi connectivity index (χ2n) is 7.75. The van der Waals surface area contributed by atoms with Gasteiger partial charge in [0.1, 0.15) is 0 Å². The molecule has 14 heteroatoms. The summed E-state index contributed by atoms with van der Waals surface area (Å²) in [5, 5.41) is 11.4. The Morgan fingerprint density at radius 2 is 1.76 bits per heavy atom. The molecule has 1 saturated heterocycles. The molecular formula is C24H12Br2ClF3N2O5S. The summed E-state index contributed by atoms with van der Waals surface area (Å²) in [5.74, 6) is -0.841. The van der Waals surface area contributed by atoms with Crippen LogP contribution in [0.25, 0.3) is 6.08 Å². The van der Waals surface area contributed by atoms with Gasteiger partial charge >= 0.3 is 11.9 Å². The first-order valence-corrected chi connectivity index (χ1v) is 13.1. The number of alkyl halides is 3. The number of nitro groups is 1. The molecule has 1 aliphatic heterocycles. The molecule has 0 radical (unpaired) electrons. The van der Waals surface area contributed by atoms with Gasteiger partial charge < -0.3 is 4.74 Å². The second-order valence-corrected chi connectivity index (χ2v) is 10.9. The van der Waals surface area contributed by atoms with Crippen LogP contribution in [0.2, 0.25) is 5.02 Å². The summed E-state index contributed by atoms with van der Waals surface area (Å²) in [5.41, 5.74) is -0.887. The zero-order chi connectivity index (χ0) is 27.8. The first kappa shape index (κ1) is 28.1. The number of nitro benzene ring substituents is 1. The molecule has 0 atom stereocenters. The first-order valence-electron chi connectivity index (χ1n) is 10.4. The van der Waals surface area contributed by atoms with E-state index in [4.69, 9.17) is 16.3 Å². The molecule has 0 aliphatic carbocycles. The van der Waals surface area contributed by atoms with Gasteiger partial charge in [-0.05, 0) is 97.2 Å². The van der Waals surface area contributed by atoms with E-state index in [-0.39, 0.29) is 26.1 Å². The minimum atomic E-state index is -4.76. The average molecular weight is 693 g/mol. The molecule has 4 rings (SSSR count). The third kappa shape index (κ3) is 6.22. The monoisotopic (exact) mass is 690 g/mol. The predicted octanol–water partition coefficient (Wildman–Crippen LogP) is 8.82. The van der Waals surface area contributed by atoms with Crippen LogP contribution in [0.1, 0.15) is 16.7 Å². The van der Waals surface area contributed by atoms with Crippen molar-refractivity contribution in [2.24, 2.45) is 0 Å². The van der Waals surface area contributed by atoms with Crippen molar-refractivity contribution in [1.29, 1.82) is 0 Å². The Labute approximate surface area is 239 Å². The lowest BCUT2D eigenvalue weighted by molar-refractivity contribution is -0.385. The predicted molar refractivity (Wildman–Crippen MR) is 143 cm³/mol. The van der Waals surface area contributed by atoms with E-state index in [9.17, 15) is 32.9 Å². The van der Waals surface area contributed by atoms with E-state index >= 15 is 0 Å². The number of halogens is 6. The number of hydrogen-bond donors (Lipinski definition) is 0. The van der Waals surface area contributed by atoms with Gasteiger partial charge in [0, 0.05) is 11.1 Å². The summed E-state index contributed by atoms with van der Waals surface area (Å²) in [6.07, 6.45) is -3.27. The van der Waals surface area contributed by atoms with Gasteiger partial charge in [-0.25, -0.2) is 0 Å². The van der Waals surface area contributed by atoms with Crippen LogP contribution in [0, 0.1) is 10.1 Å². The van der Waals surface area contributed by atoms with Crippen molar-refractivity contribution in [2.45, 2.75) is 12.7 Å². The number of rotatable bonds is 6. The van der Waals surface area contributed by atoms with E-state index in [1.165, 1.54) is 18.2 Å². The molecule has 1 fully saturated rings. The van der Waals surface area contributed by atoms with Gasteiger partial charge in [-0.3, -0.25) is 24.6 Å². The zero-order valence-electron chi connectivity index (χ0n) is 18.6. The minimum Gasteiger partial charge on any atom is -0.448 e. The lowest BCUT2D eigenvalue weighted by atomic mass is 10.1. The molecule has 1 heterocycles. The molecule has 38 heavy (non-hydrogen) atoms. The number of hydrogen-bond acceptors (Lipinski definition) is 6. The van der Waals surface area contributed by atoms with Crippen molar-refractivity contribution in [2.75, 3.05) is 0 Å². The van der Waals surface area contributed by atoms with Gasteiger partial charge in [0.25, 0.3) is 11.1 Å². The molecular weight excluding hydrogens is 681 g/mol. The third-order valence-corrected chi connectivity index (χ3v) is 7.44. The Morgan fingerprint density at radius 3 is 2.37 bits per heavy atom. The SMILES string of the molecule is O=C1S/C(=C\c2cc(Br)c(Oc3ccc(C(F)(F)F)cc3[N+](=O)[O-])c(Br)c2)C(=O)N1Cc1cccc(Cl)c1. The van der Waals surface area contributed by atoms with Crippen molar-refractivity contribution < 1.29 is 32.4 Å². The Kier molecular flexibility index (Phi) is 8.21. The van der Waals surface area contributed by atoms with Crippen LogP contribution in [-0.2, 0) is 17.5 Å². The van der Waals surface area contributed by atoms with Crippen molar-refractivity contribution >= 4 is 78.1 Å². The van der Waals surface area contributed by atoms with Gasteiger partial charge in [-0.15, -0.1) is 0 Å². The number of imide groups is 1. The van der Waals surface area contributed by atoms with Crippen molar-refractivity contribution in [3.63, 3.8) is 0 Å². The van der Waals surface area contributed by atoms with Crippen LogP contribution < -0.4 is 4.74 Å². The fraction of sp³-hybridized carbons (Fsp3) is 0.0833. The fourth-order valence-corrected chi connectivity index (χ4v) is 5.83. The molecule has 0 bridgehead atoms. The van der Waals surface area contributed by atoms with Crippen LogP contribution in [0.4, 0.5) is 23.7 Å². The molecule has 1 aliphatic rings. The Morgan fingerprint density at radius 1 is 1.08 bits per heavy atom. The number of ether oxygens (including phenoxy) is 1. The normalized spacial score (nSPS) is 14.9. The number of thioether (sulfide) groups is 1. The highest BCUT2D eigenvalue weighted by Gasteiger charge is 2.35. The largest absolute Gasteiger partial charge is 0.448 e. The quantitative estimate of drug-likeness (QED) is 0.146. The van der Waals surface area contributed by atoms with Gasteiger partial charge in [0.2, 0.25) is 5.75 Å². The van der Waals surface area contributed by atoms with E-state index < -0.39 is 39.2 Å². The van der Waals surface area contributed by atoms with E-state index in [2.05, 4.69) is 31.9 Å². The third-order valence-electron chi connectivity index (χ3n) is 5.12. The Balaban J connectivity index is 1.59. The Hall–Kier alpha value is -2.87. The molecule has 0 aromatic heterocycles. The highest BCUT2D eigenvalue weighted by molar-refractivity contribution is 9.11. The van der Waals surface area contributed by atoms with Gasteiger partial charge in [0.05, 0.1) is 30.9 Å². The number of nitrogens with zero attached hydrogens (tertiary/aromatic N) is 2. The maximum Gasteiger partial charge on any atom is 0.416 e. The van der Waals surface area contributed by atoms with Crippen molar-refractivity contribution in [1.82, 2.24) is 4.90 Å². The highest BCUT2D eigenvalue weighted by atomic mass is 79.9. The van der Waals surface area contributed by atoms with E-state index in [0.717, 1.165) is 22.7 Å². The van der Waals surface area contributed by atoms with E-state index in [0.29, 0.717) is 28.3 Å². The topological polar surface area (TPSA) is 89.7 Å². The number of amides is 2. The molecule has 2 amide bonds. The molecule has 0 unspecified atom stereocenters. The molecule has 0 saturated carbocycles. The molecule has 3 aromatic rings. The summed E-state index contributed by atoms with van der Waals surface area (Å²) in [6.45, 7) is 0.0502. The van der Waals surface area contributed by atoms with Gasteiger partial charge in [-0.2, -0.15) is 13.2 Å². The fourth-order valence-electron chi connectivity index (χ4n) is 3.40. The van der Waals surface area contributed by atoms with Gasteiger partial charge in [-0.1, -0.05) is 23.7 Å². The lowest BCUT2D eigenvalue weighted by Crippen LogP contribution is -2.27. The highest BCUT2D eigenvalue weighted by Crippen LogP contribution is 2.43. The molecule has 7 nitrogen and oxygen atoms in total. The average Bonchev–Trinajstić information content (AvgIpc) is 3.08. The second kappa shape index (κ2) is 11.1. The summed E-state index contributed by atoms with van der Waals surface area (Å²) in [4.78, 5) is 37.0. The number of carbonyl (C=O) groups excluding carboxylic acids is 2. The maximum atomic E-state index is 13.0. The lowest BCUT2D eigenvalue weighted by Gasteiger charge is -2.13. The van der Waals surface area contributed by atoms with Crippen LogP contribution in [0.15, 0.2) is 68.4 Å². The molecule has 196 valence electrons. The first-order chi connectivity index (χ1) is 17.8. The van der Waals surface area contributed by atoms with E-state index in [1.54, 1.807) is 24.3 Å². The van der Waals surface area contributed by atoms with E-state index in [1.807, 2.05) is 0 Å². The minimum absolute atomic E-state index is 0.0502. The van der Waals surface area contributed by atoms with Crippen LogP contribution in [0.3, 0.4) is 0 Å². The van der Waals surface area contributed by atoms with Crippen LogP contribution in [0.5, 0.6) is 11.5 Å². The van der Waals surface area contributed by atoms with Crippen molar-refractivity contribution in [3.8, 4) is 11.5 Å². The summed E-state index contributed by atoms with van der Waals surface area (Å²) in [7, 11) is 0. The molecule has 0 spiro atoms. The van der Waals surface area contributed by atoms with Crippen LogP contribution in [-0.4, -0.2) is 21.0 Å². The summed E-state index contributed by atoms with van der Waals surface area (Å²) >= 11 is 13.3. The van der Waals surface area contributed by atoms with Crippen LogP contribution >= 0.6 is 55.2 Å². The standard InChI is InChI=1S/C24H12Br2ClF3N2O5S/c25-16-7-13(9-20-22(33)31(23(34)38-20)11-12-2-1-3-15(27)6-12)8-17(26)21(16)37-19-5-4-14(24(28,29)30)10-18(19)32(35)36/h1-10H,11H2/b20-9-. The molecule has 0 N–H and O–H groups in total. The zero-order valence-corrected chi connectivity index (χ0v) is 23.3. The maximum absolute atomic E-state index is 13.0. The van der Waals surface area contributed by atoms with Crippen molar-refractivity contribution in [3.05, 3.63) is 100 Å². The summed E-state index contributed by atoms with van der Waals surface area (Å²) < 4.78 is 45.1. The summed E-state index contributed by atoms with van der Waals surface area (Å²) in [6, 6.07) is 11.8. The number of carbonyl (C=O) groups is 2. The van der Waals surface area contributed by atoms with Gasteiger partial charge in [0.15, 0.2) is 5.75 Å². The smallest absolute Gasteiger partial charge is 0.416 e.